The topological polar surface area (TPSA) is 80.9 Å². The number of hydrogen-bond donors (Lipinski definition) is 4. The van der Waals surface area contributed by atoms with Crippen molar-refractivity contribution in [3.8, 4) is 0 Å². The maximum Gasteiger partial charge on any atom is 0.114 e. The molecule has 0 aromatic carbocycles. The lowest BCUT2D eigenvalue weighted by atomic mass is 9.46. The van der Waals surface area contributed by atoms with Crippen molar-refractivity contribution >= 4 is 0 Å². The van der Waals surface area contributed by atoms with Crippen LogP contribution in [0.15, 0.2) is 11.6 Å². The van der Waals surface area contributed by atoms with Crippen LogP contribution in [-0.4, -0.2) is 44.8 Å². The molecule has 4 N–H and O–H groups in total. The van der Waals surface area contributed by atoms with E-state index in [1.807, 2.05) is 20.8 Å². The molecule has 4 nitrogen and oxygen atoms in total. The van der Waals surface area contributed by atoms with Crippen molar-refractivity contribution in [1.29, 1.82) is 0 Å². The Morgan fingerprint density at radius 1 is 1.21 bits per heavy atom. The van der Waals surface area contributed by atoms with Crippen LogP contribution in [0, 0.1) is 16.7 Å². The number of fused-ring (bicyclic) bond motifs is 1. The molecule has 0 bridgehead atoms. The van der Waals surface area contributed by atoms with Crippen LogP contribution < -0.4 is 0 Å². The van der Waals surface area contributed by atoms with E-state index in [1.54, 1.807) is 13.0 Å². The fourth-order valence-corrected chi connectivity index (χ4v) is 4.80. The molecule has 0 heterocycles. The maximum absolute atomic E-state index is 10.9. The van der Waals surface area contributed by atoms with E-state index in [0.29, 0.717) is 18.4 Å². The third kappa shape index (κ3) is 1.88. The van der Waals surface area contributed by atoms with Gasteiger partial charge in [0.05, 0.1) is 18.8 Å². The lowest BCUT2D eigenvalue weighted by Gasteiger charge is -2.61. The minimum Gasteiger partial charge on any atom is -0.393 e. The van der Waals surface area contributed by atoms with Crippen LogP contribution in [0.1, 0.15) is 40.5 Å². The van der Waals surface area contributed by atoms with Crippen molar-refractivity contribution < 1.29 is 20.4 Å². The summed E-state index contributed by atoms with van der Waals surface area (Å²) in [6.45, 7) is 7.23. The van der Waals surface area contributed by atoms with Gasteiger partial charge in [-0.05, 0) is 30.8 Å². The molecule has 4 heteroatoms. The van der Waals surface area contributed by atoms with Gasteiger partial charge >= 0.3 is 0 Å². The average Bonchev–Trinajstić information content (AvgIpc) is 2.22. The number of hydrogen-bond acceptors (Lipinski definition) is 4. The van der Waals surface area contributed by atoms with E-state index in [4.69, 9.17) is 0 Å². The number of aliphatic hydroxyl groups is 4. The van der Waals surface area contributed by atoms with Crippen LogP contribution in [0.2, 0.25) is 0 Å². The minimum absolute atomic E-state index is 0.191. The van der Waals surface area contributed by atoms with E-state index in [1.165, 1.54) is 0 Å². The Balaban J connectivity index is 2.61. The SMILES string of the molecule is CC1=C[C@H](O)[C@H]2C(C)(C)C[C@H](O)C[C@]2(C)[C@@]1(O)CO. The molecule has 1 fully saturated rings. The molecule has 0 saturated heterocycles. The van der Waals surface area contributed by atoms with Crippen molar-refractivity contribution in [3.05, 3.63) is 11.6 Å². The van der Waals surface area contributed by atoms with Crippen molar-refractivity contribution in [1.82, 2.24) is 0 Å². The Morgan fingerprint density at radius 3 is 2.32 bits per heavy atom. The molecule has 0 aliphatic heterocycles. The molecule has 0 amide bonds. The van der Waals surface area contributed by atoms with E-state index < -0.39 is 29.8 Å². The monoisotopic (exact) mass is 270 g/mol. The molecule has 0 unspecified atom stereocenters. The van der Waals surface area contributed by atoms with Gasteiger partial charge < -0.3 is 20.4 Å². The zero-order valence-corrected chi connectivity index (χ0v) is 12.2. The third-order valence-corrected chi connectivity index (χ3v) is 5.54. The molecule has 2 rings (SSSR count). The molecule has 5 atom stereocenters. The zero-order chi connectivity index (χ0) is 14.6. The van der Waals surface area contributed by atoms with Crippen molar-refractivity contribution in [3.63, 3.8) is 0 Å². The van der Waals surface area contributed by atoms with Crippen molar-refractivity contribution in [2.24, 2.45) is 16.7 Å². The predicted octanol–water partition coefficient (Wildman–Crippen LogP) is 0.834. The zero-order valence-electron chi connectivity index (χ0n) is 12.2. The standard InChI is InChI=1S/C15H26O4/c1-9-5-11(18)12-13(2,3)6-10(17)7-14(12,4)15(9,19)8-16/h5,10-12,16-19H,6-8H2,1-4H3/t10-,11-,12-,14-,15+/m0/s1. The predicted molar refractivity (Wildman–Crippen MR) is 72.4 cm³/mol. The van der Waals surface area contributed by atoms with E-state index in [9.17, 15) is 20.4 Å². The molecule has 0 aromatic heterocycles. The molecule has 19 heavy (non-hydrogen) atoms. The highest BCUT2D eigenvalue weighted by molar-refractivity contribution is 5.30. The first-order valence-electron chi connectivity index (χ1n) is 6.97. The van der Waals surface area contributed by atoms with Crippen LogP contribution in [0.3, 0.4) is 0 Å². The van der Waals surface area contributed by atoms with Crippen molar-refractivity contribution in [2.75, 3.05) is 6.61 Å². The highest BCUT2D eigenvalue weighted by Crippen LogP contribution is 2.60. The second-order valence-electron chi connectivity index (χ2n) is 7.30. The van der Waals surface area contributed by atoms with Gasteiger partial charge in [-0.2, -0.15) is 0 Å². The number of aliphatic hydroxyl groups excluding tert-OH is 3. The summed E-state index contributed by atoms with van der Waals surface area (Å²) < 4.78 is 0. The van der Waals surface area contributed by atoms with E-state index >= 15 is 0 Å². The Kier molecular flexibility index (Phi) is 3.38. The first kappa shape index (κ1) is 15.0. The summed E-state index contributed by atoms with van der Waals surface area (Å²) in [5.41, 5.74) is -1.82. The second-order valence-corrected chi connectivity index (χ2v) is 7.30. The Bertz CT molecular complexity index is 403. The van der Waals surface area contributed by atoms with Crippen molar-refractivity contribution in [2.45, 2.75) is 58.3 Å². The van der Waals surface area contributed by atoms with Crippen LogP contribution in [0.4, 0.5) is 0 Å². The van der Waals surface area contributed by atoms with Gasteiger partial charge in [0.2, 0.25) is 0 Å². The molecular weight excluding hydrogens is 244 g/mol. The molecule has 2 aliphatic rings. The molecule has 0 aromatic rings. The molecule has 110 valence electrons. The molecular formula is C15H26O4. The van der Waals surface area contributed by atoms with E-state index in [2.05, 4.69) is 0 Å². The molecule has 0 spiro atoms. The summed E-state index contributed by atoms with van der Waals surface area (Å²) in [5, 5.41) is 41.2. The van der Waals surface area contributed by atoms with Gasteiger partial charge in [-0.1, -0.05) is 26.8 Å². The van der Waals surface area contributed by atoms with Crippen LogP contribution in [0.5, 0.6) is 0 Å². The fourth-order valence-electron chi connectivity index (χ4n) is 4.80. The first-order chi connectivity index (χ1) is 8.58. The smallest absolute Gasteiger partial charge is 0.114 e. The Morgan fingerprint density at radius 2 is 1.79 bits per heavy atom. The van der Waals surface area contributed by atoms with Gasteiger partial charge in [-0.25, -0.2) is 0 Å². The lowest BCUT2D eigenvalue weighted by molar-refractivity contribution is -0.205. The largest absolute Gasteiger partial charge is 0.393 e. The van der Waals surface area contributed by atoms with Gasteiger partial charge in [0.25, 0.3) is 0 Å². The summed E-state index contributed by atoms with van der Waals surface area (Å²) in [5.74, 6) is -0.191. The van der Waals surface area contributed by atoms with Gasteiger partial charge in [0.1, 0.15) is 5.60 Å². The third-order valence-electron chi connectivity index (χ3n) is 5.54. The van der Waals surface area contributed by atoms with Gasteiger partial charge in [0, 0.05) is 11.3 Å². The summed E-state index contributed by atoms with van der Waals surface area (Å²) in [6, 6.07) is 0. The number of rotatable bonds is 1. The maximum atomic E-state index is 10.9. The normalized spacial score (nSPS) is 49.5. The van der Waals surface area contributed by atoms with Gasteiger partial charge in [-0.15, -0.1) is 0 Å². The van der Waals surface area contributed by atoms with Crippen LogP contribution in [0.25, 0.3) is 0 Å². The lowest BCUT2D eigenvalue weighted by Crippen LogP contribution is -2.66. The van der Waals surface area contributed by atoms with E-state index in [0.717, 1.165) is 0 Å². The molecule has 1 saturated carbocycles. The van der Waals surface area contributed by atoms with Gasteiger partial charge in [0.15, 0.2) is 0 Å². The highest BCUT2D eigenvalue weighted by atomic mass is 16.3. The molecule has 0 radical (unpaired) electrons. The quantitative estimate of drug-likeness (QED) is 0.532. The van der Waals surface area contributed by atoms with E-state index in [-0.39, 0.29) is 11.3 Å². The minimum atomic E-state index is -1.38. The first-order valence-corrected chi connectivity index (χ1v) is 6.97. The van der Waals surface area contributed by atoms with Crippen LogP contribution in [-0.2, 0) is 0 Å². The summed E-state index contributed by atoms with van der Waals surface area (Å²) >= 11 is 0. The second kappa shape index (κ2) is 4.29. The average molecular weight is 270 g/mol. The van der Waals surface area contributed by atoms with Gasteiger partial charge in [-0.3, -0.25) is 0 Å². The van der Waals surface area contributed by atoms with Crippen LogP contribution >= 0.6 is 0 Å². The summed E-state index contributed by atoms with van der Waals surface area (Å²) in [6.07, 6.45) is 1.47. The summed E-state index contributed by atoms with van der Waals surface area (Å²) in [7, 11) is 0. The summed E-state index contributed by atoms with van der Waals surface area (Å²) in [4.78, 5) is 0. The molecule has 2 aliphatic carbocycles. The fraction of sp³-hybridized carbons (Fsp3) is 0.867. The Hall–Kier alpha value is -0.420. The highest BCUT2D eigenvalue weighted by Gasteiger charge is 2.63. The Labute approximate surface area is 114 Å².